The van der Waals surface area contributed by atoms with Crippen LogP contribution in [0.2, 0.25) is 5.02 Å². The van der Waals surface area contributed by atoms with E-state index in [0.717, 1.165) is 17.5 Å². The van der Waals surface area contributed by atoms with Gasteiger partial charge in [-0.25, -0.2) is 9.78 Å². The van der Waals surface area contributed by atoms with Gasteiger partial charge in [-0.2, -0.15) is 0 Å². The molecule has 1 heterocycles. The molecule has 8 heteroatoms. The van der Waals surface area contributed by atoms with E-state index in [1.807, 2.05) is 6.92 Å². The van der Waals surface area contributed by atoms with Crippen molar-refractivity contribution in [3.63, 3.8) is 0 Å². The van der Waals surface area contributed by atoms with Crippen LogP contribution in [0.25, 0.3) is 10.2 Å². The maximum atomic E-state index is 12.4. The van der Waals surface area contributed by atoms with Crippen LogP contribution in [0, 0.1) is 0 Å². The van der Waals surface area contributed by atoms with Crippen LogP contribution in [-0.4, -0.2) is 30.6 Å². The van der Waals surface area contributed by atoms with Gasteiger partial charge in [0.15, 0.2) is 5.13 Å². The van der Waals surface area contributed by atoms with Crippen LogP contribution >= 0.6 is 22.9 Å². The molecule has 1 amide bonds. The number of esters is 1. The minimum atomic E-state index is -0.359. The number of hydrogen-bond donors (Lipinski definition) is 1. The number of amides is 1. The molecule has 3 aromatic rings. The lowest BCUT2D eigenvalue weighted by Crippen LogP contribution is -2.11. The average molecular weight is 419 g/mol. The van der Waals surface area contributed by atoms with Gasteiger partial charge < -0.3 is 9.47 Å². The van der Waals surface area contributed by atoms with Crippen molar-refractivity contribution in [2.24, 2.45) is 0 Å². The first kappa shape index (κ1) is 20.1. The molecule has 0 aliphatic rings. The summed E-state index contributed by atoms with van der Waals surface area (Å²) >= 11 is 7.36. The topological polar surface area (TPSA) is 77.5 Å². The number of carbonyl (C=O) groups excluding carboxylic acids is 2. The van der Waals surface area contributed by atoms with E-state index in [2.05, 4.69) is 10.3 Å². The second-order valence-electron chi connectivity index (χ2n) is 5.99. The van der Waals surface area contributed by atoms with Crippen LogP contribution < -0.4 is 10.1 Å². The number of nitrogens with zero attached hydrogens (tertiary/aromatic N) is 1. The average Bonchev–Trinajstić information content (AvgIpc) is 3.09. The largest absolute Gasteiger partial charge is 0.495 e. The summed E-state index contributed by atoms with van der Waals surface area (Å²) in [5.41, 5.74) is 1.55. The van der Waals surface area contributed by atoms with Crippen molar-refractivity contribution in [3.05, 3.63) is 52.5 Å². The summed E-state index contributed by atoms with van der Waals surface area (Å²) in [6.45, 7) is 2.44. The Balaban J connectivity index is 1.74. The predicted molar refractivity (Wildman–Crippen MR) is 111 cm³/mol. The molecule has 0 saturated carbocycles. The molecule has 0 fully saturated rings. The Morgan fingerprint density at radius 3 is 2.68 bits per heavy atom. The number of fused-ring (bicyclic) bond motifs is 1. The summed E-state index contributed by atoms with van der Waals surface area (Å²) in [7, 11) is 1.51. The van der Waals surface area contributed by atoms with E-state index in [4.69, 9.17) is 21.1 Å². The Morgan fingerprint density at radius 1 is 1.18 bits per heavy atom. The van der Waals surface area contributed by atoms with Gasteiger partial charge in [-0.15, -0.1) is 0 Å². The molecule has 0 saturated heterocycles. The van der Waals surface area contributed by atoms with E-state index >= 15 is 0 Å². The maximum Gasteiger partial charge on any atom is 0.338 e. The number of unbranched alkanes of at least 4 members (excludes halogenated alkanes) is 1. The third-order valence-electron chi connectivity index (χ3n) is 3.99. The van der Waals surface area contributed by atoms with Crippen molar-refractivity contribution < 1.29 is 19.1 Å². The first-order valence-electron chi connectivity index (χ1n) is 8.74. The highest BCUT2D eigenvalue weighted by Crippen LogP contribution is 2.29. The zero-order valence-electron chi connectivity index (χ0n) is 15.5. The number of benzene rings is 2. The van der Waals surface area contributed by atoms with Gasteiger partial charge in [0.1, 0.15) is 5.75 Å². The van der Waals surface area contributed by atoms with E-state index < -0.39 is 0 Å². The van der Waals surface area contributed by atoms with Crippen LogP contribution in [0.4, 0.5) is 5.13 Å². The second-order valence-corrected chi connectivity index (χ2v) is 7.43. The SMILES string of the molecule is CCCCOC(=O)c1ccc2nc(NC(=O)c3ccc(OC)c(Cl)c3)sc2c1. The molecule has 0 unspecified atom stereocenters. The molecule has 0 bridgehead atoms. The van der Waals surface area contributed by atoms with E-state index in [9.17, 15) is 9.59 Å². The number of ether oxygens (including phenoxy) is 2. The predicted octanol–water partition coefficient (Wildman–Crippen LogP) is 5.17. The number of anilines is 1. The Hall–Kier alpha value is -2.64. The third kappa shape index (κ3) is 4.61. The van der Waals surface area contributed by atoms with Gasteiger partial charge in [0.05, 0.1) is 34.5 Å². The number of aromatic nitrogens is 1. The Labute approximate surface area is 171 Å². The van der Waals surface area contributed by atoms with Crippen LogP contribution in [0.15, 0.2) is 36.4 Å². The van der Waals surface area contributed by atoms with E-state index in [1.165, 1.54) is 24.5 Å². The van der Waals surface area contributed by atoms with Crippen molar-refractivity contribution in [2.75, 3.05) is 19.0 Å². The van der Waals surface area contributed by atoms with Gasteiger partial charge >= 0.3 is 5.97 Å². The molecule has 0 atom stereocenters. The monoisotopic (exact) mass is 418 g/mol. The van der Waals surface area contributed by atoms with E-state index in [0.29, 0.717) is 39.2 Å². The standard InChI is InChI=1S/C20H19ClN2O4S/c1-3-4-9-27-19(25)13-5-7-15-17(11-13)28-20(22-15)23-18(24)12-6-8-16(26-2)14(21)10-12/h5-8,10-11H,3-4,9H2,1-2H3,(H,22,23,24). The lowest BCUT2D eigenvalue weighted by molar-refractivity contribution is 0.0500. The normalized spacial score (nSPS) is 10.7. The highest BCUT2D eigenvalue weighted by atomic mass is 35.5. The molecule has 6 nitrogen and oxygen atoms in total. The Kier molecular flexibility index (Phi) is 6.49. The first-order valence-corrected chi connectivity index (χ1v) is 9.94. The van der Waals surface area contributed by atoms with Crippen molar-refractivity contribution in [2.45, 2.75) is 19.8 Å². The van der Waals surface area contributed by atoms with Crippen LogP contribution in [-0.2, 0) is 4.74 Å². The van der Waals surface area contributed by atoms with Crippen LogP contribution in [0.1, 0.15) is 40.5 Å². The highest BCUT2D eigenvalue weighted by molar-refractivity contribution is 7.22. The lowest BCUT2D eigenvalue weighted by atomic mass is 10.2. The number of methoxy groups -OCH3 is 1. The molecule has 1 aromatic heterocycles. The number of rotatable bonds is 7. The van der Waals surface area contributed by atoms with E-state index in [-0.39, 0.29) is 11.9 Å². The van der Waals surface area contributed by atoms with Crippen molar-refractivity contribution in [1.29, 1.82) is 0 Å². The number of nitrogens with one attached hydrogen (secondary N) is 1. The van der Waals surface area contributed by atoms with E-state index in [1.54, 1.807) is 30.3 Å². The summed E-state index contributed by atoms with van der Waals surface area (Å²) in [5.74, 6) is -0.193. The Morgan fingerprint density at radius 2 is 1.96 bits per heavy atom. The molecule has 0 aliphatic carbocycles. The van der Waals surface area contributed by atoms with Gasteiger partial charge in [-0.05, 0) is 42.8 Å². The summed E-state index contributed by atoms with van der Waals surface area (Å²) in [4.78, 5) is 28.9. The number of thiazole rings is 1. The first-order chi connectivity index (χ1) is 13.5. The molecule has 28 heavy (non-hydrogen) atoms. The van der Waals surface area contributed by atoms with Gasteiger partial charge in [0, 0.05) is 5.56 Å². The number of hydrogen-bond acceptors (Lipinski definition) is 6. The molecule has 0 radical (unpaired) electrons. The summed E-state index contributed by atoms with van der Waals surface area (Å²) < 4.78 is 11.1. The van der Waals surface area contributed by atoms with Crippen LogP contribution in [0.5, 0.6) is 5.75 Å². The van der Waals surface area contributed by atoms with Crippen molar-refractivity contribution in [1.82, 2.24) is 4.98 Å². The maximum absolute atomic E-state index is 12.4. The summed E-state index contributed by atoms with van der Waals surface area (Å²) in [6, 6.07) is 9.92. The lowest BCUT2D eigenvalue weighted by Gasteiger charge is -2.05. The van der Waals surface area contributed by atoms with Crippen molar-refractivity contribution in [3.8, 4) is 5.75 Å². The van der Waals surface area contributed by atoms with Gasteiger partial charge in [-0.1, -0.05) is 36.3 Å². The molecule has 0 spiro atoms. The second kappa shape index (κ2) is 9.03. The number of carbonyl (C=O) groups is 2. The molecular formula is C20H19ClN2O4S. The molecule has 2 aromatic carbocycles. The van der Waals surface area contributed by atoms with Gasteiger partial charge in [0.25, 0.3) is 5.91 Å². The Bertz CT molecular complexity index is 1020. The highest BCUT2D eigenvalue weighted by Gasteiger charge is 2.14. The minimum absolute atomic E-state index is 0.331. The molecule has 0 aliphatic heterocycles. The fourth-order valence-electron chi connectivity index (χ4n) is 2.47. The smallest absolute Gasteiger partial charge is 0.338 e. The zero-order chi connectivity index (χ0) is 20.1. The molecule has 146 valence electrons. The molecule has 3 rings (SSSR count). The zero-order valence-corrected chi connectivity index (χ0v) is 17.0. The molecule has 1 N–H and O–H groups in total. The van der Waals surface area contributed by atoms with Gasteiger partial charge in [0.2, 0.25) is 0 Å². The summed E-state index contributed by atoms with van der Waals surface area (Å²) in [5, 5.41) is 3.54. The summed E-state index contributed by atoms with van der Waals surface area (Å²) in [6.07, 6.45) is 1.80. The van der Waals surface area contributed by atoms with Gasteiger partial charge in [-0.3, -0.25) is 10.1 Å². The fourth-order valence-corrected chi connectivity index (χ4v) is 3.63. The molecular weight excluding hydrogens is 400 g/mol. The van der Waals surface area contributed by atoms with Crippen LogP contribution in [0.3, 0.4) is 0 Å². The third-order valence-corrected chi connectivity index (χ3v) is 5.22. The quantitative estimate of drug-likeness (QED) is 0.423. The fraction of sp³-hybridized carbons (Fsp3) is 0.250. The minimum Gasteiger partial charge on any atom is -0.495 e. The van der Waals surface area contributed by atoms with Crippen molar-refractivity contribution >= 4 is 50.2 Å². The number of halogens is 1.